The van der Waals surface area contributed by atoms with Crippen molar-refractivity contribution in [3.05, 3.63) is 63.7 Å². The molecule has 1 N–H and O–H groups in total. The number of rotatable bonds is 2. The average molecular weight is 300 g/mol. The summed E-state index contributed by atoms with van der Waals surface area (Å²) in [6, 6.07) is 15.2. The van der Waals surface area contributed by atoms with Gasteiger partial charge in [0, 0.05) is 4.90 Å². The zero-order chi connectivity index (χ0) is 14.1. The Balaban J connectivity index is 2.43. The number of aromatic nitrogens is 2. The molecular formula is C15H12N2OS2. The van der Waals surface area contributed by atoms with Gasteiger partial charge in [0.25, 0.3) is 5.56 Å². The first-order valence-corrected chi connectivity index (χ1v) is 7.73. The first-order valence-electron chi connectivity index (χ1n) is 6.10. The summed E-state index contributed by atoms with van der Waals surface area (Å²) in [4.78, 5) is 16.8. The number of hydrogen-bond donors (Lipinski definition) is 1. The third-order valence-electron chi connectivity index (χ3n) is 3.13. The van der Waals surface area contributed by atoms with Crippen molar-refractivity contribution in [2.24, 2.45) is 0 Å². The standard InChI is InChI=1S/C15H12N2OS2/c1-20-13-9-5-4-8-12(13)17-14(18)10-6-2-3-7-11(10)16-15(17)19/h2-9H,1H3,(H,16,19). The van der Waals surface area contributed by atoms with Crippen LogP contribution in [0.1, 0.15) is 0 Å². The summed E-state index contributed by atoms with van der Waals surface area (Å²) in [6.45, 7) is 0. The van der Waals surface area contributed by atoms with Gasteiger partial charge >= 0.3 is 0 Å². The van der Waals surface area contributed by atoms with Crippen molar-refractivity contribution in [3.8, 4) is 5.69 Å². The van der Waals surface area contributed by atoms with E-state index in [2.05, 4.69) is 4.98 Å². The summed E-state index contributed by atoms with van der Waals surface area (Å²) in [5.74, 6) is 0. The van der Waals surface area contributed by atoms with Crippen LogP contribution in [0.25, 0.3) is 16.6 Å². The predicted molar refractivity (Wildman–Crippen MR) is 86.5 cm³/mol. The number of para-hydroxylation sites is 2. The molecule has 1 aromatic heterocycles. The second-order valence-corrected chi connectivity index (χ2v) is 5.52. The number of H-pyrrole nitrogens is 1. The predicted octanol–water partition coefficient (Wildman–Crippen LogP) is 3.77. The molecule has 0 fully saturated rings. The minimum atomic E-state index is -0.0918. The Morgan fingerprint density at radius 3 is 2.60 bits per heavy atom. The van der Waals surface area contributed by atoms with Crippen LogP contribution in [-0.2, 0) is 0 Å². The molecule has 20 heavy (non-hydrogen) atoms. The van der Waals surface area contributed by atoms with Gasteiger partial charge in [-0.3, -0.25) is 9.36 Å². The largest absolute Gasteiger partial charge is 0.331 e. The van der Waals surface area contributed by atoms with Crippen LogP contribution in [0, 0.1) is 4.77 Å². The molecule has 0 aliphatic rings. The highest BCUT2D eigenvalue weighted by Crippen LogP contribution is 2.23. The molecule has 2 aromatic carbocycles. The van der Waals surface area contributed by atoms with Crippen LogP contribution in [0.4, 0.5) is 0 Å². The van der Waals surface area contributed by atoms with Gasteiger partial charge in [0.05, 0.1) is 16.6 Å². The number of fused-ring (bicyclic) bond motifs is 1. The normalized spacial score (nSPS) is 10.8. The zero-order valence-corrected chi connectivity index (χ0v) is 12.4. The minimum Gasteiger partial charge on any atom is -0.331 e. The molecular weight excluding hydrogens is 288 g/mol. The van der Waals surface area contributed by atoms with Gasteiger partial charge < -0.3 is 4.98 Å². The quantitative estimate of drug-likeness (QED) is 0.578. The number of hydrogen-bond acceptors (Lipinski definition) is 3. The van der Waals surface area contributed by atoms with Crippen molar-refractivity contribution in [2.75, 3.05) is 6.26 Å². The molecule has 1 heterocycles. The summed E-state index contributed by atoms with van der Waals surface area (Å²) >= 11 is 6.95. The van der Waals surface area contributed by atoms with Gasteiger partial charge in [-0.1, -0.05) is 24.3 Å². The van der Waals surface area contributed by atoms with Gasteiger partial charge in [0.1, 0.15) is 0 Å². The molecule has 0 radical (unpaired) electrons. The summed E-state index contributed by atoms with van der Waals surface area (Å²) in [7, 11) is 0. The monoisotopic (exact) mass is 300 g/mol. The van der Waals surface area contributed by atoms with E-state index in [4.69, 9.17) is 12.2 Å². The lowest BCUT2D eigenvalue weighted by Gasteiger charge is -2.11. The van der Waals surface area contributed by atoms with E-state index in [1.807, 2.05) is 48.7 Å². The fourth-order valence-electron chi connectivity index (χ4n) is 2.20. The molecule has 0 amide bonds. The molecule has 3 aromatic rings. The maximum absolute atomic E-state index is 12.7. The van der Waals surface area contributed by atoms with Crippen LogP contribution < -0.4 is 5.56 Å². The highest BCUT2D eigenvalue weighted by atomic mass is 32.2. The topological polar surface area (TPSA) is 37.8 Å². The highest BCUT2D eigenvalue weighted by molar-refractivity contribution is 7.98. The van der Waals surface area contributed by atoms with Gasteiger partial charge in [-0.15, -0.1) is 11.8 Å². The first kappa shape index (κ1) is 13.1. The van der Waals surface area contributed by atoms with Crippen LogP contribution in [0.2, 0.25) is 0 Å². The molecule has 0 saturated heterocycles. The van der Waals surface area contributed by atoms with Crippen molar-refractivity contribution in [1.82, 2.24) is 9.55 Å². The summed E-state index contributed by atoms with van der Waals surface area (Å²) in [6.07, 6.45) is 1.98. The number of nitrogens with one attached hydrogen (secondary N) is 1. The van der Waals surface area contributed by atoms with Crippen LogP contribution in [0.15, 0.2) is 58.2 Å². The highest BCUT2D eigenvalue weighted by Gasteiger charge is 2.09. The molecule has 3 nitrogen and oxygen atoms in total. The van der Waals surface area contributed by atoms with Gasteiger partial charge in [0.15, 0.2) is 4.77 Å². The maximum atomic E-state index is 12.7. The number of aromatic amines is 1. The van der Waals surface area contributed by atoms with Crippen molar-refractivity contribution in [2.45, 2.75) is 4.90 Å². The van der Waals surface area contributed by atoms with E-state index in [1.165, 1.54) is 0 Å². The molecule has 0 saturated carbocycles. The van der Waals surface area contributed by atoms with Crippen molar-refractivity contribution >= 4 is 34.9 Å². The summed E-state index contributed by atoms with van der Waals surface area (Å²) < 4.78 is 1.97. The molecule has 0 atom stereocenters. The van der Waals surface area contributed by atoms with Crippen LogP contribution in [-0.4, -0.2) is 15.8 Å². The van der Waals surface area contributed by atoms with E-state index in [0.29, 0.717) is 10.2 Å². The molecule has 0 bridgehead atoms. The Labute approximate surface area is 125 Å². The molecule has 0 aliphatic carbocycles. The molecule has 5 heteroatoms. The lowest BCUT2D eigenvalue weighted by Crippen LogP contribution is -2.20. The second kappa shape index (κ2) is 5.26. The lowest BCUT2D eigenvalue weighted by molar-refractivity contribution is 0.919. The van der Waals surface area contributed by atoms with E-state index in [1.54, 1.807) is 22.4 Å². The van der Waals surface area contributed by atoms with Crippen molar-refractivity contribution < 1.29 is 0 Å². The third kappa shape index (κ3) is 2.09. The zero-order valence-electron chi connectivity index (χ0n) is 10.8. The molecule has 0 unspecified atom stereocenters. The van der Waals surface area contributed by atoms with Gasteiger partial charge in [-0.05, 0) is 42.7 Å². The van der Waals surface area contributed by atoms with Gasteiger partial charge in [-0.2, -0.15) is 0 Å². The van der Waals surface area contributed by atoms with E-state index in [0.717, 1.165) is 16.1 Å². The smallest absolute Gasteiger partial charge is 0.266 e. The Morgan fingerprint density at radius 2 is 1.80 bits per heavy atom. The van der Waals surface area contributed by atoms with E-state index in [-0.39, 0.29) is 5.56 Å². The van der Waals surface area contributed by atoms with Crippen molar-refractivity contribution in [1.29, 1.82) is 0 Å². The summed E-state index contributed by atoms with van der Waals surface area (Å²) in [5, 5.41) is 0.636. The first-order chi connectivity index (χ1) is 9.72. The lowest BCUT2D eigenvalue weighted by atomic mass is 10.2. The van der Waals surface area contributed by atoms with E-state index < -0.39 is 0 Å². The molecule has 100 valence electrons. The number of benzene rings is 2. The molecule has 0 spiro atoms. The fraction of sp³-hybridized carbons (Fsp3) is 0.0667. The van der Waals surface area contributed by atoms with E-state index in [9.17, 15) is 4.79 Å². The number of nitrogens with zero attached hydrogens (tertiary/aromatic N) is 1. The maximum Gasteiger partial charge on any atom is 0.266 e. The summed E-state index contributed by atoms with van der Waals surface area (Å²) in [5.41, 5.74) is 1.49. The Bertz CT molecular complexity index is 896. The number of thioether (sulfide) groups is 1. The average Bonchev–Trinajstić information content (AvgIpc) is 2.48. The van der Waals surface area contributed by atoms with Crippen LogP contribution in [0.5, 0.6) is 0 Å². The molecule has 0 aliphatic heterocycles. The SMILES string of the molecule is CSc1ccccc1-n1c(=S)[nH]c2ccccc2c1=O. The van der Waals surface area contributed by atoms with Crippen LogP contribution in [0.3, 0.4) is 0 Å². The second-order valence-electron chi connectivity index (χ2n) is 4.29. The Hall–Kier alpha value is -1.85. The minimum absolute atomic E-state index is 0.0918. The van der Waals surface area contributed by atoms with Gasteiger partial charge in [0.2, 0.25) is 0 Å². The van der Waals surface area contributed by atoms with Crippen LogP contribution >= 0.6 is 24.0 Å². The fourth-order valence-corrected chi connectivity index (χ4v) is 3.07. The molecule has 3 rings (SSSR count). The Morgan fingerprint density at radius 1 is 1.10 bits per heavy atom. The van der Waals surface area contributed by atoms with E-state index >= 15 is 0 Å². The van der Waals surface area contributed by atoms with Gasteiger partial charge in [-0.25, -0.2) is 0 Å². The van der Waals surface area contributed by atoms with Crippen molar-refractivity contribution in [3.63, 3.8) is 0 Å². The Kier molecular flexibility index (Phi) is 3.46. The third-order valence-corrected chi connectivity index (χ3v) is 4.20.